The molecule has 0 spiro atoms. The van der Waals surface area contributed by atoms with E-state index in [4.69, 9.17) is 5.73 Å². The third-order valence-electron chi connectivity index (χ3n) is 3.44. The van der Waals surface area contributed by atoms with Crippen molar-refractivity contribution in [3.8, 4) is 0 Å². The Kier molecular flexibility index (Phi) is 3.74. The zero-order valence-electron chi connectivity index (χ0n) is 10.2. The topological polar surface area (TPSA) is 59.2 Å². The van der Waals surface area contributed by atoms with E-state index in [1.54, 1.807) is 24.5 Å². The quantitative estimate of drug-likeness (QED) is 0.837. The summed E-state index contributed by atoms with van der Waals surface area (Å²) in [5, 5.41) is 0. The second-order valence-electron chi connectivity index (χ2n) is 4.75. The Morgan fingerprint density at radius 2 is 2.24 bits per heavy atom. The van der Waals surface area contributed by atoms with Gasteiger partial charge in [-0.1, -0.05) is 6.92 Å². The van der Waals surface area contributed by atoms with E-state index < -0.39 is 0 Å². The Morgan fingerprint density at radius 1 is 1.53 bits per heavy atom. The van der Waals surface area contributed by atoms with E-state index in [0.717, 1.165) is 19.4 Å². The molecule has 2 N–H and O–H groups in total. The number of hydrogen-bond donors (Lipinski definition) is 1. The van der Waals surface area contributed by atoms with Gasteiger partial charge in [0.25, 0.3) is 5.91 Å². The molecule has 0 radical (unpaired) electrons. The number of rotatable bonds is 2. The summed E-state index contributed by atoms with van der Waals surface area (Å²) >= 11 is 0. The summed E-state index contributed by atoms with van der Waals surface area (Å²) < 4.78 is 0. The first-order valence-corrected chi connectivity index (χ1v) is 6.13. The first-order chi connectivity index (χ1) is 8.22. The lowest BCUT2D eigenvalue weighted by Crippen LogP contribution is -2.49. The third-order valence-corrected chi connectivity index (χ3v) is 3.44. The number of aromatic nitrogens is 1. The molecule has 1 amide bonds. The third kappa shape index (κ3) is 2.64. The molecule has 2 unspecified atom stereocenters. The summed E-state index contributed by atoms with van der Waals surface area (Å²) in [5.74, 6) is 0.736. The van der Waals surface area contributed by atoms with E-state index in [1.165, 1.54) is 0 Å². The monoisotopic (exact) mass is 233 g/mol. The first-order valence-electron chi connectivity index (χ1n) is 6.13. The summed E-state index contributed by atoms with van der Waals surface area (Å²) in [6.07, 6.45) is 5.37. The molecule has 0 bridgehead atoms. The van der Waals surface area contributed by atoms with Gasteiger partial charge in [-0.2, -0.15) is 0 Å². The lowest BCUT2D eigenvalue weighted by Gasteiger charge is -2.38. The maximum atomic E-state index is 12.3. The molecule has 2 atom stereocenters. The van der Waals surface area contributed by atoms with Crippen LogP contribution < -0.4 is 5.73 Å². The summed E-state index contributed by atoms with van der Waals surface area (Å²) in [7, 11) is 0. The number of nitrogens with zero attached hydrogens (tertiary/aromatic N) is 2. The molecule has 2 rings (SSSR count). The predicted molar refractivity (Wildman–Crippen MR) is 66.5 cm³/mol. The molecular formula is C13H19N3O. The number of carbonyl (C=O) groups excluding carboxylic acids is 1. The number of piperidine rings is 1. The summed E-state index contributed by atoms with van der Waals surface area (Å²) in [6, 6.07) is 3.70. The maximum Gasteiger partial charge on any atom is 0.254 e. The normalized spacial score (nSPS) is 24.7. The van der Waals surface area contributed by atoms with Crippen LogP contribution in [0.5, 0.6) is 0 Å². The molecule has 1 aliphatic heterocycles. The highest BCUT2D eigenvalue weighted by molar-refractivity contribution is 5.94. The van der Waals surface area contributed by atoms with Crippen LogP contribution in [0.3, 0.4) is 0 Å². The zero-order chi connectivity index (χ0) is 12.3. The average Bonchev–Trinajstić information content (AvgIpc) is 2.39. The lowest BCUT2D eigenvalue weighted by molar-refractivity contribution is 0.0573. The number of carbonyl (C=O) groups is 1. The van der Waals surface area contributed by atoms with Gasteiger partial charge in [-0.3, -0.25) is 9.78 Å². The first kappa shape index (κ1) is 12.0. The molecule has 4 heteroatoms. The van der Waals surface area contributed by atoms with Crippen molar-refractivity contribution in [3.05, 3.63) is 30.1 Å². The largest absolute Gasteiger partial charge is 0.334 e. The molecule has 0 aliphatic carbocycles. The van der Waals surface area contributed by atoms with Gasteiger partial charge in [0.05, 0.1) is 0 Å². The molecule has 0 aromatic carbocycles. The van der Waals surface area contributed by atoms with E-state index >= 15 is 0 Å². The van der Waals surface area contributed by atoms with Gasteiger partial charge < -0.3 is 10.6 Å². The van der Waals surface area contributed by atoms with Crippen molar-refractivity contribution in [2.45, 2.75) is 25.8 Å². The average molecular weight is 233 g/mol. The molecule has 17 heavy (non-hydrogen) atoms. The zero-order valence-corrected chi connectivity index (χ0v) is 10.2. The molecule has 2 heterocycles. The van der Waals surface area contributed by atoms with Crippen LogP contribution >= 0.6 is 0 Å². The second-order valence-corrected chi connectivity index (χ2v) is 4.75. The van der Waals surface area contributed by atoms with Crippen LogP contribution in [0.25, 0.3) is 0 Å². The Bertz CT molecular complexity index is 380. The molecule has 1 fully saturated rings. The van der Waals surface area contributed by atoms with Crippen LogP contribution in [-0.4, -0.2) is 34.9 Å². The molecule has 4 nitrogen and oxygen atoms in total. The summed E-state index contributed by atoms with van der Waals surface area (Å²) in [5.41, 5.74) is 6.47. The fraction of sp³-hybridized carbons (Fsp3) is 0.538. The van der Waals surface area contributed by atoms with Gasteiger partial charge in [-0.15, -0.1) is 0 Å². The van der Waals surface area contributed by atoms with Crippen molar-refractivity contribution in [1.82, 2.24) is 9.88 Å². The van der Waals surface area contributed by atoms with E-state index in [2.05, 4.69) is 11.9 Å². The molecule has 1 aromatic rings. The number of likely N-dealkylation sites (tertiary alicyclic amines) is 1. The highest BCUT2D eigenvalue weighted by Crippen LogP contribution is 2.23. The molecule has 1 aliphatic rings. The molecule has 1 aromatic heterocycles. The van der Waals surface area contributed by atoms with E-state index in [0.29, 0.717) is 18.0 Å². The second kappa shape index (κ2) is 5.27. The Hall–Kier alpha value is -1.42. The van der Waals surface area contributed by atoms with Gasteiger partial charge in [0.1, 0.15) is 0 Å². The predicted octanol–water partition coefficient (Wildman–Crippen LogP) is 1.28. The van der Waals surface area contributed by atoms with Crippen LogP contribution in [0.1, 0.15) is 30.1 Å². The Labute approximate surface area is 102 Å². The fourth-order valence-corrected chi connectivity index (χ4v) is 2.40. The highest BCUT2D eigenvalue weighted by atomic mass is 16.2. The maximum absolute atomic E-state index is 12.3. The van der Waals surface area contributed by atoms with E-state index in [9.17, 15) is 4.79 Å². The minimum Gasteiger partial charge on any atom is -0.334 e. The molecule has 0 saturated carbocycles. The number of nitrogens with two attached hydrogens (primary N) is 1. The van der Waals surface area contributed by atoms with Crippen LogP contribution in [0.2, 0.25) is 0 Å². The van der Waals surface area contributed by atoms with Gasteiger partial charge in [0.15, 0.2) is 0 Å². The minimum atomic E-state index is 0.0785. The summed E-state index contributed by atoms with van der Waals surface area (Å²) in [4.78, 5) is 18.2. The highest BCUT2D eigenvalue weighted by Gasteiger charge is 2.29. The van der Waals surface area contributed by atoms with Crippen LogP contribution in [0, 0.1) is 5.92 Å². The van der Waals surface area contributed by atoms with E-state index in [-0.39, 0.29) is 11.9 Å². The van der Waals surface area contributed by atoms with Gasteiger partial charge in [0.2, 0.25) is 0 Å². The van der Waals surface area contributed by atoms with Crippen LogP contribution in [0.4, 0.5) is 0 Å². The van der Waals surface area contributed by atoms with Gasteiger partial charge in [-0.25, -0.2) is 0 Å². The standard InChI is InChI=1S/C13H19N3O/c1-10-4-7-16(12(8-10)9-14)13(17)11-2-5-15-6-3-11/h2-3,5-6,10,12H,4,7-9,14H2,1H3. The van der Waals surface area contributed by atoms with Crippen molar-refractivity contribution in [1.29, 1.82) is 0 Å². The van der Waals surface area contributed by atoms with Crippen molar-refractivity contribution in [2.24, 2.45) is 11.7 Å². The smallest absolute Gasteiger partial charge is 0.254 e. The number of amides is 1. The van der Waals surface area contributed by atoms with Gasteiger partial charge in [-0.05, 0) is 30.9 Å². The summed E-state index contributed by atoms with van der Waals surface area (Å²) in [6.45, 7) is 3.57. The van der Waals surface area contributed by atoms with Crippen molar-refractivity contribution < 1.29 is 4.79 Å². The number of hydrogen-bond acceptors (Lipinski definition) is 3. The van der Waals surface area contributed by atoms with Crippen molar-refractivity contribution in [3.63, 3.8) is 0 Å². The van der Waals surface area contributed by atoms with Crippen molar-refractivity contribution >= 4 is 5.91 Å². The lowest BCUT2D eigenvalue weighted by atomic mass is 9.92. The molecular weight excluding hydrogens is 214 g/mol. The van der Waals surface area contributed by atoms with Crippen LogP contribution in [-0.2, 0) is 0 Å². The Morgan fingerprint density at radius 3 is 2.88 bits per heavy atom. The van der Waals surface area contributed by atoms with Gasteiger partial charge >= 0.3 is 0 Å². The Balaban J connectivity index is 2.13. The number of pyridine rings is 1. The SMILES string of the molecule is CC1CCN(C(=O)c2ccncc2)C(CN)C1. The van der Waals surface area contributed by atoms with Crippen LogP contribution in [0.15, 0.2) is 24.5 Å². The molecule has 1 saturated heterocycles. The van der Waals surface area contributed by atoms with Gasteiger partial charge in [0, 0.05) is 37.1 Å². The van der Waals surface area contributed by atoms with E-state index in [1.807, 2.05) is 4.90 Å². The fourth-order valence-electron chi connectivity index (χ4n) is 2.40. The minimum absolute atomic E-state index is 0.0785. The van der Waals surface area contributed by atoms with Crippen molar-refractivity contribution in [2.75, 3.05) is 13.1 Å². The molecule has 92 valence electrons.